The normalized spacial score (nSPS) is 11.3. The number of halogens is 1. The van der Waals surface area contributed by atoms with Crippen molar-refractivity contribution in [3.63, 3.8) is 0 Å². The molecule has 3 aromatic rings. The second kappa shape index (κ2) is 5.77. The van der Waals surface area contributed by atoms with Crippen LogP contribution < -0.4 is 5.73 Å². The lowest BCUT2D eigenvalue weighted by Crippen LogP contribution is -1.99. The molecule has 0 saturated heterocycles. The maximum atomic E-state index is 13.5. The number of hydrogen-bond acceptors (Lipinski definition) is 2. The zero-order valence-corrected chi connectivity index (χ0v) is 12.0. The molecule has 3 N–H and O–H groups in total. The zero-order chi connectivity index (χ0) is 13.9. The fraction of sp³-hybridized carbons (Fsp3) is 0.250. The molecule has 0 saturated carbocycles. The summed E-state index contributed by atoms with van der Waals surface area (Å²) in [5, 5.41) is 3.05. The van der Waals surface area contributed by atoms with Gasteiger partial charge in [-0.15, -0.1) is 11.3 Å². The molecule has 0 aliphatic carbocycles. The van der Waals surface area contributed by atoms with E-state index < -0.39 is 0 Å². The molecule has 0 radical (unpaired) electrons. The first-order valence-electron chi connectivity index (χ1n) is 6.83. The van der Waals surface area contributed by atoms with Gasteiger partial charge in [0, 0.05) is 10.9 Å². The first kappa shape index (κ1) is 13.3. The minimum absolute atomic E-state index is 0.186. The molecular weight excluding hydrogens is 271 g/mol. The molecule has 0 amide bonds. The van der Waals surface area contributed by atoms with Gasteiger partial charge in [-0.2, -0.15) is 0 Å². The van der Waals surface area contributed by atoms with Gasteiger partial charge in [0.05, 0.1) is 10.6 Å². The van der Waals surface area contributed by atoms with Gasteiger partial charge in [-0.3, -0.25) is 0 Å². The quantitative estimate of drug-likeness (QED) is 0.675. The molecule has 3 rings (SSSR count). The number of thiophene rings is 1. The Hall–Kier alpha value is -1.65. The van der Waals surface area contributed by atoms with Crippen molar-refractivity contribution in [2.24, 2.45) is 5.73 Å². The average molecular weight is 288 g/mol. The predicted molar refractivity (Wildman–Crippen MR) is 83.6 cm³/mol. The van der Waals surface area contributed by atoms with E-state index in [1.165, 1.54) is 16.5 Å². The number of benzene rings is 1. The van der Waals surface area contributed by atoms with Crippen molar-refractivity contribution < 1.29 is 4.39 Å². The maximum absolute atomic E-state index is 13.5. The van der Waals surface area contributed by atoms with Crippen molar-refractivity contribution in [3.05, 3.63) is 47.1 Å². The molecule has 0 atom stereocenters. The molecule has 2 nitrogen and oxygen atoms in total. The second-order valence-corrected chi connectivity index (χ2v) is 5.84. The third kappa shape index (κ3) is 2.49. The van der Waals surface area contributed by atoms with Crippen LogP contribution >= 0.6 is 11.3 Å². The number of aromatic amines is 1. The van der Waals surface area contributed by atoms with E-state index in [9.17, 15) is 4.39 Å². The highest BCUT2D eigenvalue weighted by atomic mass is 32.1. The van der Waals surface area contributed by atoms with E-state index in [0.717, 1.165) is 35.9 Å². The minimum Gasteiger partial charge on any atom is -0.354 e. The number of nitrogens with two attached hydrogens (primary N) is 1. The Kier molecular flexibility index (Phi) is 3.85. The van der Waals surface area contributed by atoms with Gasteiger partial charge >= 0.3 is 0 Å². The number of aryl methyl sites for hydroxylation is 1. The lowest BCUT2D eigenvalue weighted by molar-refractivity contribution is 0.629. The third-order valence-corrected chi connectivity index (χ3v) is 4.40. The highest BCUT2D eigenvalue weighted by Crippen LogP contribution is 2.34. The van der Waals surface area contributed by atoms with Crippen molar-refractivity contribution in [1.82, 2.24) is 4.98 Å². The summed E-state index contributed by atoms with van der Waals surface area (Å²) in [6.45, 7) is 0.699. The molecule has 2 heterocycles. The van der Waals surface area contributed by atoms with Crippen molar-refractivity contribution in [2.75, 3.05) is 6.54 Å². The van der Waals surface area contributed by atoms with Crippen molar-refractivity contribution in [1.29, 1.82) is 0 Å². The first-order chi connectivity index (χ1) is 9.79. The van der Waals surface area contributed by atoms with E-state index >= 15 is 0 Å². The fourth-order valence-electron chi connectivity index (χ4n) is 2.56. The van der Waals surface area contributed by atoms with Crippen LogP contribution in [-0.4, -0.2) is 11.5 Å². The molecule has 0 bridgehead atoms. The lowest BCUT2D eigenvalue weighted by Gasteiger charge is -2.03. The van der Waals surface area contributed by atoms with Gasteiger partial charge in [-0.1, -0.05) is 6.07 Å². The van der Waals surface area contributed by atoms with Crippen LogP contribution in [0.1, 0.15) is 18.4 Å². The zero-order valence-electron chi connectivity index (χ0n) is 11.2. The van der Waals surface area contributed by atoms with Gasteiger partial charge in [0.15, 0.2) is 0 Å². The average Bonchev–Trinajstić information content (AvgIpc) is 3.07. The number of nitrogens with one attached hydrogen (secondary N) is 1. The summed E-state index contributed by atoms with van der Waals surface area (Å²) in [6, 6.07) is 9.07. The van der Waals surface area contributed by atoms with Crippen LogP contribution in [0.5, 0.6) is 0 Å². The standard InChI is InChI=1S/C16H17FN2S/c17-11-6-7-14-13(10-11)12(4-1-2-8-18)16(19-14)15-5-3-9-20-15/h3,5-7,9-10,19H,1-2,4,8,18H2. The van der Waals surface area contributed by atoms with Gasteiger partial charge < -0.3 is 10.7 Å². The highest BCUT2D eigenvalue weighted by molar-refractivity contribution is 7.13. The van der Waals surface area contributed by atoms with Crippen LogP contribution in [0.2, 0.25) is 0 Å². The van der Waals surface area contributed by atoms with Crippen LogP contribution in [0.25, 0.3) is 21.5 Å². The number of fused-ring (bicyclic) bond motifs is 1. The van der Waals surface area contributed by atoms with Crippen LogP contribution in [0.3, 0.4) is 0 Å². The van der Waals surface area contributed by atoms with Gasteiger partial charge in [0.2, 0.25) is 0 Å². The number of hydrogen-bond donors (Lipinski definition) is 2. The summed E-state index contributed by atoms with van der Waals surface area (Å²) in [7, 11) is 0. The topological polar surface area (TPSA) is 41.8 Å². The van der Waals surface area contributed by atoms with Gasteiger partial charge in [0.1, 0.15) is 5.82 Å². The summed E-state index contributed by atoms with van der Waals surface area (Å²) >= 11 is 1.70. The smallest absolute Gasteiger partial charge is 0.123 e. The van der Waals surface area contributed by atoms with E-state index in [1.807, 2.05) is 12.1 Å². The Balaban J connectivity index is 2.10. The molecule has 0 aliphatic heterocycles. The van der Waals surface area contributed by atoms with Crippen molar-refractivity contribution in [2.45, 2.75) is 19.3 Å². The van der Waals surface area contributed by atoms with E-state index in [1.54, 1.807) is 17.4 Å². The molecule has 0 spiro atoms. The van der Waals surface area contributed by atoms with Crippen LogP contribution in [0.15, 0.2) is 35.7 Å². The van der Waals surface area contributed by atoms with Crippen LogP contribution in [0, 0.1) is 5.82 Å². The van der Waals surface area contributed by atoms with E-state index in [4.69, 9.17) is 5.73 Å². The second-order valence-electron chi connectivity index (χ2n) is 4.89. The van der Waals surface area contributed by atoms with E-state index in [-0.39, 0.29) is 5.82 Å². The molecule has 0 fully saturated rings. The minimum atomic E-state index is -0.186. The SMILES string of the molecule is NCCCCc1c(-c2cccs2)[nH]c2ccc(F)cc12. The van der Waals surface area contributed by atoms with Crippen LogP contribution in [-0.2, 0) is 6.42 Å². The van der Waals surface area contributed by atoms with E-state index in [2.05, 4.69) is 16.4 Å². The number of rotatable bonds is 5. The van der Waals surface area contributed by atoms with E-state index in [0.29, 0.717) is 6.54 Å². The van der Waals surface area contributed by atoms with Gasteiger partial charge in [-0.05, 0) is 61.0 Å². The van der Waals surface area contributed by atoms with Crippen LogP contribution in [0.4, 0.5) is 4.39 Å². The van der Waals surface area contributed by atoms with Gasteiger partial charge in [-0.25, -0.2) is 4.39 Å². The third-order valence-electron chi connectivity index (χ3n) is 3.52. The Labute approximate surface area is 121 Å². The summed E-state index contributed by atoms with van der Waals surface area (Å²) in [5.74, 6) is -0.186. The maximum Gasteiger partial charge on any atom is 0.123 e. The molecule has 2 aromatic heterocycles. The summed E-state index contributed by atoms with van der Waals surface area (Å²) in [4.78, 5) is 4.63. The number of aromatic nitrogens is 1. The Morgan fingerprint density at radius 3 is 2.85 bits per heavy atom. The lowest BCUT2D eigenvalue weighted by atomic mass is 10.0. The predicted octanol–water partition coefficient (Wildman–Crippen LogP) is 4.32. The largest absolute Gasteiger partial charge is 0.354 e. The molecule has 0 unspecified atom stereocenters. The summed E-state index contributed by atoms with van der Waals surface area (Å²) < 4.78 is 13.5. The molecule has 4 heteroatoms. The Morgan fingerprint density at radius 1 is 1.20 bits per heavy atom. The fourth-order valence-corrected chi connectivity index (χ4v) is 3.31. The Bertz CT molecular complexity index is 701. The summed E-state index contributed by atoms with van der Waals surface area (Å²) in [5.41, 5.74) is 8.90. The van der Waals surface area contributed by atoms with Crippen molar-refractivity contribution in [3.8, 4) is 10.6 Å². The van der Waals surface area contributed by atoms with Gasteiger partial charge in [0.25, 0.3) is 0 Å². The molecule has 20 heavy (non-hydrogen) atoms. The highest BCUT2D eigenvalue weighted by Gasteiger charge is 2.14. The number of unbranched alkanes of at least 4 members (excludes halogenated alkanes) is 1. The molecule has 104 valence electrons. The molecular formula is C16H17FN2S. The monoisotopic (exact) mass is 288 g/mol. The molecule has 1 aromatic carbocycles. The molecule has 0 aliphatic rings. The Morgan fingerprint density at radius 2 is 2.10 bits per heavy atom. The van der Waals surface area contributed by atoms with Crippen molar-refractivity contribution >= 4 is 22.2 Å². The number of H-pyrrole nitrogens is 1. The first-order valence-corrected chi connectivity index (χ1v) is 7.71. The summed E-state index contributed by atoms with van der Waals surface area (Å²) in [6.07, 6.45) is 2.94.